The summed E-state index contributed by atoms with van der Waals surface area (Å²) < 4.78 is 34.0. The molecule has 4 rings (SSSR count). The first-order valence-electron chi connectivity index (χ1n) is 9.66. The molecule has 0 radical (unpaired) electrons. The second-order valence-electron chi connectivity index (χ2n) is 7.16. The Labute approximate surface area is 170 Å². The van der Waals surface area contributed by atoms with Crippen LogP contribution >= 0.6 is 0 Å². The summed E-state index contributed by atoms with van der Waals surface area (Å²) in [5.41, 5.74) is 0.378. The summed E-state index contributed by atoms with van der Waals surface area (Å²) in [6, 6.07) is 7.26. The molecule has 9 nitrogen and oxygen atoms in total. The van der Waals surface area contributed by atoms with Crippen LogP contribution in [0.25, 0.3) is 0 Å². The Kier molecular flexibility index (Phi) is 5.57. The van der Waals surface area contributed by atoms with Crippen LogP contribution in [-0.4, -0.2) is 85.6 Å². The Morgan fingerprint density at radius 1 is 1.07 bits per heavy atom. The highest BCUT2D eigenvalue weighted by molar-refractivity contribution is 7.89. The Balaban J connectivity index is 1.46. The molecule has 4 heterocycles. The minimum atomic E-state index is -3.63. The van der Waals surface area contributed by atoms with Crippen molar-refractivity contribution in [1.82, 2.24) is 18.8 Å². The van der Waals surface area contributed by atoms with E-state index in [0.29, 0.717) is 58.2 Å². The number of hydrogen-bond acceptors (Lipinski definition) is 6. The minimum absolute atomic E-state index is 0.150. The summed E-state index contributed by atoms with van der Waals surface area (Å²) in [6.45, 7) is 3.93. The maximum Gasteiger partial charge on any atom is 0.270 e. The Morgan fingerprint density at radius 2 is 1.79 bits per heavy atom. The highest BCUT2D eigenvalue weighted by atomic mass is 32.2. The fourth-order valence-electron chi connectivity index (χ4n) is 3.67. The Hall–Kier alpha value is -2.43. The van der Waals surface area contributed by atoms with E-state index in [2.05, 4.69) is 9.88 Å². The van der Waals surface area contributed by atoms with Crippen molar-refractivity contribution >= 4 is 21.7 Å². The monoisotopic (exact) mass is 419 g/mol. The number of nitrogens with zero attached hydrogens (tertiary/aromatic N) is 5. The molecule has 0 aliphatic carbocycles. The smallest absolute Gasteiger partial charge is 0.270 e. The zero-order valence-electron chi connectivity index (χ0n) is 16.4. The number of carbonyl (C=O) groups is 1. The highest BCUT2D eigenvalue weighted by Crippen LogP contribution is 2.21. The topological polar surface area (TPSA) is 88.0 Å². The fraction of sp³-hybridized carbons (Fsp3) is 0.474. The van der Waals surface area contributed by atoms with Gasteiger partial charge < -0.3 is 19.1 Å². The molecule has 0 atom stereocenters. The van der Waals surface area contributed by atoms with Crippen molar-refractivity contribution < 1.29 is 17.9 Å². The van der Waals surface area contributed by atoms with Gasteiger partial charge in [0.05, 0.1) is 13.2 Å². The molecule has 10 heteroatoms. The van der Waals surface area contributed by atoms with Crippen LogP contribution in [0.1, 0.15) is 10.5 Å². The van der Waals surface area contributed by atoms with E-state index >= 15 is 0 Å². The third kappa shape index (κ3) is 4.00. The number of aryl methyl sites for hydroxylation is 1. The molecule has 2 aromatic rings. The predicted molar refractivity (Wildman–Crippen MR) is 107 cm³/mol. The summed E-state index contributed by atoms with van der Waals surface area (Å²) in [6.07, 6.45) is 3.27. The second kappa shape index (κ2) is 8.13. The van der Waals surface area contributed by atoms with E-state index in [1.54, 1.807) is 22.7 Å². The van der Waals surface area contributed by atoms with Gasteiger partial charge in [0, 0.05) is 58.7 Å². The number of morpholine rings is 1. The summed E-state index contributed by atoms with van der Waals surface area (Å²) in [4.78, 5) is 21.4. The highest BCUT2D eigenvalue weighted by Gasteiger charge is 2.30. The van der Waals surface area contributed by atoms with Crippen LogP contribution in [0.4, 0.5) is 5.82 Å². The summed E-state index contributed by atoms with van der Waals surface area (Å²) in [5, 5.41) is 0. The van der Waals surface area contributed by atoms with Crippen LogP contribution in [0, 0.1) is 0 Å². The van der Waals surface area contributed by atoms with Crippen molar-refractivity contribution in [3.05, 3.63) is 42.4 Å². The average Bonchev–Trinajstić information content (AvgIpc) is 3.17. The maximum absolute atomic E-state index is 13.0. The lowest BCUT2D eigenvalue weighted by molar-refractivity contribution is 0.0729. The average molecular weight is 420 g/mol. The third-order valence-electron chi connectivity index (χ3n) is 5.35. The Morgan fingerprint density at radius 3 is 2.45 bits per heavy atom. The quantitative estimate of drug-likeness (QED) is 0.713. The zero-order valence-corrected chi connectivity index (χ0v) is 17.2. The number of rotatable bonds is 4. The van der Waals surface area contributed by atoms with E-state index in [1.165, 1.54) is 16.6 Å². The number of amides is 1. The van der Waals surface area contributed by atoms with Gasteiger partial charge in [-0.1, -0.05) is 6.07 Å². The van der Waals surface area contributed by atoms with Crippen molar-refractivity contribution in [2.45, 2.75) is 4.90 Å². The van der Waals surface area contributed by atoms with Gasteiger partial charge in [0.15, 0.2) is 0 Å². The molecule has 0 spiro atoms. The molecule has 29 heavy (non-hydrogen) atoms. The molecule has 2 aliphatic heterocycles. The fourth-order valence-corrected chi connectivity index (χ4v) is 5.15. The van der Waals surface area contributed by atoms with Crippen LogP contribution in [0.3, 0.4) is 0 Å². The number of carbonyl (C=O) groups excluding carboxylic acids is 1. The summed E-state index contributed by atoms with van der Waals surface area (Å²) >= 11 is 0. The first-order chi connectivity index (χ1) is 14.0. The molecule has 0 unspecified atom stereocenters. The molecular formula is C19H25N5O4S. The molecule has 0 saturated carbocycles. The standard InChI is InChI=1S/C19H25N5O4S/c1-21-15-16(29(26,27)24-10-12-28-13-11-24)14-17(21)19(25)23-8-6-22(7-9-23)18-4-2-3-5-20-18/h2-5,14-15H,6-13H2,1H3. The molecule has 2 aromatic heterocycles. The van der Waals surface area contributed by atoms with Gasteiger partial charge in [-0.15, -0.1) is 0 Å². The normalized spacial score (nSPS) is 18.8. The Bertz CT molecular complexity index is 962. The van der Waals surface area contributed by atoms with E-state index in [-0.39, 0.29) is 10.8 Å². The van der Waals surface area contributed by atoms with Crippen LogP contribution < -0.4 is 4.90 Å². The van der Waals surface area contributed by atoms with Crippen molar-refractivity contribution in [3.63, 3.8) is 0 Å². The number of aromatic nitrogens is 2. The molecule has 156 valence electrons. The third-order valence-corrected chi connectivity index (χ3v) is 7.21. The van der Waals surface area contributed by atoms with Crippen LogP contribution in [0.2, 0.25) is 0 Å². The van der Waals surface area contributed by atoms with Gasteiger partial charge in [0.2, 0.25) is 10.0 Å². The lowest BCUT2D eigenvalue weighted by Gasteiger charge is -2.35. The first-order valence-corrected chi connectivity index (χ1v) is 11.1. The lowest BCUT2D eigenvalue weighted by Crippen LogP contribution is -2.49. The molecule has 0 aromatic carbocycles. The second-order valence-corrected chi connectivity index (χ2v) is 9.09. The van der Waals surface area contributed by atoms with E-state index < -0.39 is 10.0 Å². The van der Waals surface area contributed by atoms with Gasteiger partial charge in [-0.3, -0.25) is 4.79 Å². The first kappa shape index (κ1) is 19.9. The number of pyridine rings is 1. The maximum atomic E-state index is 13.0. The van der Waals surface area contributed by atoms with E-state index in [4.69, 9.17) is 4.74 Å². The van der Waals surface area contributed by atoms with Gasteiger partial charge in [0.25, 0.3) is 5.91 Å². The van der Waals surface area contributed by atoms with Crippen molar-refractivity contribution in [2.75, 3.05) is 57.4 Å². The van der Waals surface area contributed by atoms with Crippen LogP contribution in [0.15, 0.2) is 41.6 Å². The minimum Gasteiger partial charge on any atom is -0.379 e. The van der Waals surface area contributed by atoms with E-state index in [0.717, 1.165) is 5.82 Å². The van der Waals surface area contributed by atoms with Gasteiger partial charge >= 0.3 is 0 Å². The SMILES string of the molecule is Cn1cc(S(=O)(=O)N2CCOCC2)cc1C(=O)N1CCN(c2ccccn2)CC1. The number of piperazine rings is 1. The summed E-state index contributed by atoms with van der Waals surface area (Å²) in [5.74, 6) is 0.744. The molecule has 0 bridgehead atoms. The predicted octanol–water partition coefficient (Wildman–Crippen LogP) is 0.403. The largest absolute Gasteiger partial charge is 0.379 e. The van der Waals surface area contributed by atoms with Gasteiger partial charge in [0.1, 0.15) is 16.4 Å². The molecule has 2 fully saturated rings. The van der Waals surface area contributed by atoms with E-state index in [9.17, 15) is 13.2 Å². The summed E-state index contributed by atoms with van der Waals surface area (Å²) in [7, 11) is -1.92. The van der Waals surface area contributed by atoms with Gasteiger partial charge in [-0.2, -0.15) is 4.31 Å². The lowest BCUT2D eigenvalue weighted by atomic mass is 10.2. The number of hydrogen-bond donors (Lipinski definition) is 0. The zero-order chi connectivity index (χ0) is 20.4. The van der Waals surface area contributed by atoms with Gasteiger partial charge in [-0.25, -0.2) is 13.4 Å². The number of sulfonamides is 1. The molecule has 2 aliphatic rings. The number of ether oxygens (including phenoxy) is 1. The molecular weight excluding hydrogens is 394 g/mol. The van der Waals surface area contributed by atoms with Crippen molar-refractivity contribution in [3.8, 4) is 0 Å². The van der Waals surface area contributed by atoms with Crippen LogP contribution in [-0.2, 0) is 21.8 Å². The molecule has 2 saturated heterocycles. The van der Waals surface area contributed by atoms with Crippen molar-refractivity contribution in [1.29, 1.82) is 0 Å². The molecule has 1 amide bonds. The van der Waals surface area contributed by atoms with Gasteiger partial charge in [-0.05, 0) is 18.2 Å². The van der Waals surface area contributed by atoms with E-state index in [1.807, 2.05) is 18.2 Å². The molecule has 0 N–H and O–H groups in total. The van der Waals surface area contributed by atoms with Crippen LogP contribution in [0.5, 0.6) is 0 Å². The number of anilines is 1. The van der Waals surface area contributed by atoms with Crippen molar-refractivity contribution in [2.24, 2.45) is 7.05 Å².